The van der Waals surface area contributed by atoms with Crippen LogP contribution in [0.3, 0.4) is 0 Å². The van der Waals surface area contributed by atoms with Crippen LogP contribution in [-0.2, 0) is 11.3 Å². The summed E-state index contributed by atoms with van der Waals surface area (Å²) in [6, 6.07) is 7.49. The number of benzene rings is 1. The van der Waals surface area contributed by atoms with Crippen LogP contribution in [0, 0.1) is 6.92 Å². The van der Waals surface area contributed by atoms with E-state index in [1.165, 1.54) is 11.8 Å². The molecule has 0 aliphatic rings. The van der Waals surface area contributed by atoms with Crippen LogP contribution in [0.2, 0.25) is 0 Å². The number of methoxy groups -OCH3 is 1. The number of carbonyl (C=O) groups excluding carboxylic acids is 1. The minimum absolute atomic E-state index is 0.109. The molecule has 0 aliphatic heterocycles. The summed E-state index contributed by atoms with van der Waals surface area (Å²) in [5.41, 5.74) is 1.42. The van der Waals surface area contributed by atoms with Gasteiger partial charge in [0.1, 0.15) is 10.8 Å². The largest absolute Gasteiger partial charge is 0.497 e. The molecular formula is C15H17N3O3S. The molecule has 0 saturated heterocycles. The predicted octanol–water partition coefficient (Wildman–Crippen LogP) is 1.50. The van der Waals surface area contributed by atoms with Crippen molar-refractivity contribution >= 4 is 17.7 Å². The summed E-state index contributed by atoms with van der Waals surface area (Å²) in [6.45, 7) is 2.28. The standard InChI is InChI=1S/C15H17N3O3S/c1-10-7-17-15(20)18-14(10)22-9-13(19)16-8-11-3-5-12(21-2)6-4-11/h3-7H,8-9H2,1-2H3,(H,16,19)(H,17,18,20). The number of aromatic amines is 1. The van der Waals surface area contributed by atoms with Crippen LogP contribution >= 0.6 is 11.8 Å². The molecule has 0 atom stereocenters. The van der Waals surface area contributed by atoms with Crippen molar-refractivity contribution in [1.29, 1.82) is 0 Å². The van der Waals surface area contributed by atoms with E-state index in [1.54, 1.807) is 13.3 Å². The van der Waals surface area contributed by atoms with E-state index >= 15 is 0 Å². The molecule has 0 saturated carbocycles. The molecule has 116 valence electrons. The van der Waals surface area contributed by atoms with E-state index in [4.69, 9.17) is 4.74 Å². The number of hydrogen-bond acceptors (Lipinski definition) is 5. The van der Waals surface area contributed by atoms with Gasteiger partial charge in [-0.25, -0.2) is 4.79 Å². The fourth-order valence-electron chi connectivity index (χ4n) is 1.72. The number of carbonyl (C=O) groups is 1. The molecule has 0 aliphatic carbocycles. The highest BCUT2D eigenvalue weighted by molar-refractivity contribution is 7.99. The average molecular weight is 319 g/mol. The smallest absolute Gasteiger partial charge is 0.345 e. The van der Waals surface area contributed by atoms with Gasteiger partial charge < -0.3 is 15.0 Å². The van der Waals surface area contributed by atoms with Crippen molar-refractivity contribution in [2.24, 2.45) is 0 Å². The number of amides is 1. The molecule has 1 amide bonds. The zero-order chi connectivity index (χ0) is 15.9. The number of aromatic nitrogens is 2. The Morgan fingerprint density at radius 3 is 2.77 bits per heavy atom. The number of ether oxygens (including phenoxy) is 1. The van der Waals surface area contributed by atoms with Crippen molar-refractivity contribution in [3.05, 3.63) is 52.1 Å². The normalized spacial score (nSPS) is 10.3. The number of thioether (sulfide) groups is 1. The maximum atomic E-state index is 11.8. The van der Waals surface area contributed by atoms with Crippen molar-refractivity contribution in [2.45, 2.75) is 18.5 Å². The first-order valence-corrected chi connectivity index (χ1v) is 7.66. The highest BCUT2D eigenvalue weighted by atomic mass is 32.2. The number of aryl methyl sites for hydroxylation is 1. The Labute approximate surface area is 132 Å². The molecule has 1 aromatic carbocycles. The fourth-order valence-corrected chi connectivity index (χ4v) is 2.52. The Morgan fingerprint density at radius 1 is 1.36 bits per heavy atom. The van der Waals surface area contributed by atoms with Gasteiger partial charge >= 0.3 is 5.69 Å². The molecule has 22 heavy (non-hydrogen) atoms. The number of rotatable bonds is 6. The molecule has 0 unspecified atom stereocenters. The molecule has 0 bridgehead atoms. The number of nitrogens with zero attached hydrogens (tertiary/aromatic N) is 1. The minimum Gasteiger partial charge on any atom is -0.497 e. The highest BCUT2D eigenvalue weighted by Gasteiger charge is 2.07. The first-order valence-electron chi connectivity index (χ1n) is 6.67. The Bertz CT molecular complexity index is 698. The second-order valence-electron chi connectivity index (χ2n) is 4.61. The number of hydrogen-bond donors (Lipinski definition) is 2. The molecule has 0 radical (unpaired) electrons. The quantitative estimate of drug-likeness (QED) is 0.622. The van der Waals surface area contributed by atoms with Crippen molar-refractivity contribution in [3.8, 4) is 5.75 Å². The summed E-state index contributed by atoms with van der Waals surface area (Å²) in [5, 5.41) is 3.40. The zero-order valence-electron chi connectivity index (χ0n) is 12.4. The first kappa shape index (κ1) is 16.1. The molecule has 0 fully saturated rings. The van der Waals surface area contributed by atoms with Crippen molar-refractivity contribution in [1.82, 2.24) is 15.3 Å². The number of nitrogens with one attached hydrogen (secondary N) is 2. The van der Waals surface area contributed by atoms with E-state index in [0.29, 0.717) is 11.6 Å². The SMILES string of the molecule is COc1ccc(CNC(=O)CSc2nc(=O)[nH]cc2C)cc1. The average Bonchev–Trinajstić information content (AvgIpc) is 2.54. The second kappa shape index (κ2) is 7.65. The Morgan fingerprint density at radius 2 is 2.09 bits per heavy atom. The monoisotopic (exact) mass is 319 g/mol. The molecule has 1 heterocycles. The van der Waals surface area contributed by atoms with Crippen LogP contribution in [0.25, 0.3) is 0 Å². The summed E-state index contributed by atoms with van der Waals surface area (Å²) in [6.07, 6.45) is 1.59. The lowest BCUT2D eigenvalue weighted by atomic mass is 10.2. The van der Waals surface area contributed by atoms with Gasteiger partial charge in [0.05, 0.1) is 12.9 Å². The lowest BCUT2D eigenvalue weighted by molar-refractivity contribution is -0.118. The molecule has 0 spiro atoms. The Hall–Kier alpha value is -2.28. The molecule has 2 aromatic rings. The van der Waals surface area contributed by atoms with E-state index in [1.807, 2.05) is 31.2 Å². The van der Waals surface area contributed by atoms with E-state index in [-0.39, 0.29) is 11.7 Å². The van der Waals surface area contributed by atoms with Crippen LogP contribution in [0.1, 0.15) is 11.1 Å². The topological polar surface area (TPSA) is 84.1 Å². The summed E-state index contributed by atoms with van der Waals surface area (Å²) in [4.78, 5) is 29.3. The summed E-state index contributed by atoms with van der Waals surface area (Å²) in [5.74, 6) is 0.886. The van der Waals surface area contributed by atoms with Crippen LogP contribution in [-0.4, -0.2) is 28.7 Å². The van der Waals surface area contributed by atoms with E-state index in [0.717, 1.165) is 16.9 Å². The third-order valence-corrected chi connectivity index (χ3v) is 4.03. The maximum absolute atomic E-state index is 11.8. The first-order chi connectivity index (χ1) is 10.6. The van der Waals surface area contributed by atoms with Crippen molar-refractivity contribution in [2.75, 3.05) is 12.9 Å². The second-order valence-corrected chi connectivity index (χ2v) is 5.57. The van der Waals surface area contributed by atoms with Gasteiger partial charge in [-0.05, 0) is 30.2 Å². The van der Waals surface area contributed by atoms with Gasteiger partial charge in [0.2, 0.25) is 5.91 Å². The summed E-state index contributed by atoms with van der Waals surface area (Å²) >= 11 is 1.25. The molecule has 2 N–H and O–H groups in total. The summed E-state index contributed by atoms with van der Waals surface area (Å²) < 4.78 is 5.08. The molecule has 7 heteroatoms. The van der Waals surface area contributed by atoms with Crippen molar-refractivity contribution in [3.63, 3.8) is 0 Å². The minimum atomic E-state index is -0.410. The zero-order valence-corrected chi connectivity index (χ0v) is 13.2. The van der Waals surface area contributed by atoms with Crippen LogP contribution in [0.4, 0.5) is 0 Å². The third kappa shape index (κ3) is 4.63. The van der Waals surface area contributed by atoms with E-state index < -0.39 is 5.69 Å². The number of H-pyrrole nitrogens is 1. The van der Waals surface area contributed by atoms with E-state index in [2.05, 4.69) is 15.3 Å². The van der Waals surface area contributed by atoms with Gasteiger partial charge in [0.25, 0.3) is 0 Å². The van der Waals surface area contributed by atoms with Crippen molar-refractivity contribution < 1.29 is 9.53 Å². The summed E-state index contributed by atoms with van der Waals surface area (Å²) in [7, 11) is 1.61. The van der Waals surface area contributed by atoms with Gasteiger partial charge in [-0.3, -0.25) is 4.79 Å². The molecular weight excluding hydrogens is 302 g/mol. The third-order valence-electron chi connectivity index (χ3n) is 2.94. The molecule has 1 aromatic heterocycles. The van der Waals surface area contributed by atoms with Crippen LogP contribution < -0.4 is 15.7 Å². The van der Waals surface area contributed by atoms with Crippen LogP contribution in [0.15, 0.2) is 40.3 Å². The molecule has 2 rings (SSSR count). The highest BCUT2D eigenvalue weighted by Crippen LogP contribution is 2.17. The van der Waals surface area contributed by atoms with Crippen LogP contribution in [0.5, 0.6) is 5.75 Å². The van der Waals surface area contributed by atoms with Gasteiger partial charge in [0.15, 0.2) is 0 Å². The maximum Gasteiger partial charge on any atom is 0.345 e. The van der Waals surface area contributed by atoms with Gasteiger partial charge in [0, 0.05) is 12.7 Å². The predicted molar refractivity (Wildman–Crippen MR) is 85.2 cm³/mol. The Balaban J connectivity index is 1.82. The fraction of sp³-hybridized carbons (Fsp3) is 0.267. The van der Waals surface area contributed by atoms with Gasteiger partial charge in [-0.2, -0.15) is 4.98 Å². The molecule has 6 nitrogen and oxygen atoms in total. The Kier molecular flexibility index (Phi) is 5.60. The van der Waals surface area contributed by atoms with E-state index in [9.17, 15) is 9.59 Å². The van der Waals surface area contributed by atoms with Gasteiger partial charge in [-0.1, -0.05) is 23.9 Å². The van der Waals surface area contributed by atoms with Gasteiger partial charge in [-0.15, -0.1) is 0 Å². The lowest BCUT2D eigenvalue weighted by Gasteiger charge is -2.07. The lowest BCUT2D eigenvalue weighted by Crippen LogP contribution is -2.24.